The Kier molecular flexibility index (Phi) is 4.30. The van der Waals surface area contributed by atoms with Crippen LogP contribution in [0.15, 0.2) is 54.7 Å². The second-order valence-electron chi connectivity index (χ2n) is 6.18. The molecule has 6 nitrogen and oxygen atoms in total. The molecular weight excluding hydrogens is 340 g/mol. The Bertz CT molecular complexity index is 1050. The van der Waals surface area contributed by atoms with E-state index >= 15 is 0 Å². The maximum absolute atomic E-state index is 11.7. The third-order valence-electron chi connectivity index (χ3n) is 4.50. The number of benzene rings is 2. The largest absolute Gasteiger partial charge is 0.457 e. The van der Waals surface area contributed by atoms with Gasteiger partial charge in [-0.15, -0.1) is 0 Å². The number of aromatic nitrogens is 1. The summed E-state index contributed by atoms with van der Waals surface area (Å²) in [5.41, 5.74) is 5.03. The highest BCUT2D eigenvalue weighted by Gasteiger charge is 2.19. The number of hydrogen-bond acceptors (Lipinski definition) is 5. The first-order chi connectivity index (χ1) is 13.2. The maximum atomic E-state index is 11.7. The summed E-state index contributed by atoms with van der Waals surface area (Å²) in [5.74, 6) is 1.31. The summed E-state index contributed by atoms with van der Waals surface area (Å²) in [7, 11) is 1.81. The molecule has 1 amide bonds. The quantitative estimate of drug-likeness (QED) is 0.605. The van der Waals surface area contributed by atoms with Crippen LogP contribution >= 0.6 is 0 Å². The monoisotopic (exact) mass is 358 g/mol. The Hall–Kier alpha value is -3.67. The van der Waals surface area contributed by atoms with Crippen LogP contribution in [0.5, 0.6) is 11.5 Å². The summed E-state index contributed by atoms with van der Waals surface area (Å²) in [6, 6.07) is 14.9. The molecule has 27 heavy (non-hydrogen) atoms. The number of carbonyl (C=O) groups excluding carboxylic acids is 1. The number of ether oxygens (including phenoxy) is 1. The van der Waals surface area contributed by atoms with Crippen molar-refractivity contribution in [1.29, 1.82) is 5.41 Å². The molecule has 1 aliphatic rings. The summed E-state index contributed by atoms with van der Waals surface area (Å²) in [6.07, 6.45) is 3.00. The number of anilines is 1. The summed E-state index contributed by atoms with van der Waals surface area (Å²) in [6.45, 7) is 0.546. The van der Waals surface area contributed by atoms with E-state index in [1.54, 1.807) is 12.3 Å². The van der Waals surface area contributed by atoms with Gasteiger partial charge < -0.3 is 20.8 Å². The minimum atomic E-state index is -0.0321. The third kappa shape index (κ3) is 3.25. The van der Waals surface area contributed by atoms with Crippen molar-refractivity contribution in [3.63, 3.8) is 0 Å². The minimum Gasteiger partial charge on any atom is -0.457 e. The van der Waals surface area contributed by atoms with Crippen molar-refractivity contribution >= 4 is 17.8 Å². The zero-order chi connectivity index (χ0) is 18.8. The van der Waals surface area contributed by atoms with Crippen molar-refractivity contribution in [2.75, 3.05) is 12.4 Å². The number of rotatable bonds is 5. The fraction of sp³-hybridized carbons (Fsp3) is 0.0952. The van der Waals surface area contributed by atoms with Gasteiger partial charge in [-0.25, -0.2) is 0 Å². The van der Waals surface area contributed by atoms with E-state index in [-0.39, 0.29) is 5.91 Å². The molecule has 3 N–H and O–H groups in total. The molecular formula is C21H18N4O2. The number of amides is 1. The second kappa shape index (κ2) is 6.92. The smallest absolute Gasteiger partial charge is 0.251 e. The van der Waals surface area contributed by atoms with Gasteiger partial charge in [-0.05, 0) is 35.9 Å². The second-order valence-corrected chi connectivity index (χ2v) is 6.18. The Labute approximate surface area is 156 Å². The van der Waals surface area contributed by atoms with Gasteiger partial charge in [0.05, 0.1) is 5.69 Å². The number of hydrogen-bond donors (Lipinski definition) is 3. The Morgan fingerprint density at radius 3 is 2.81 bits per heavy atom. The van der Waals surface area contributed by atoms with Crippen molar-refractivity contribution in [2.45, 2.75) is 6.54 Å². The summed E-state index contributed by atoms with van der Waals surface area (Å²) in [4.78, 5) is 16.1. The summed E-state index contributed by atoms with van der Waals surface area (Å²) in [5, 5.41) is 13.3. The van der Waals surface area contributed by atoms with E-state index in [0.717, 1.165) is 33.6 Å². The highest BCUT2D eigenvalue weighted by Crippen LogP contribution is 2.29. The maximum Gasteiger partial charge on any atom is 0.251 e. The lowest BCUT2D eigenvalue weighted by atomic mass is 10.0. The molecule has 0 aliphatic carbocycles. The molecule has 6 heteroatoms. The molecule has 1 aromatic heterocycles. The van der Waals surface area contributed by atoms with Crippen LogP contribution in [0.2, 0.25) is 0 Å². The molecule has 0 atom stereocenters. The van der Waals surface area contributed by atoms with E-state index in [1.165, 1.54) is 6.21 Å². The first kappa shape index (κ1) is 16.8. The van der Waals surface area contributed by atoms with Gasteiger partial charge in [-0.1, -0.05) is 6.07 Å². The molecule has 134 valence electrons. The molecule has 2 aromatic carbocycles. The first-order valence-corrected chi connectivity index (χ1v) is 8.55. The van der Waals surface area contributed by atoms with Crippen LogP contribution in [0, 0.1) is 5.41 Å². The molecule has 0 saturated heterocycles. The Morgan fingerprint density at radius 1 is 1.15 bits per heavy atom. The van der Waals surface area contributed by atoms with E-state index in [1.807, 2.05) is 49.5 Å². The molecule has 1 aliphatic heterocycles. The number of nitrogens with one attached hydrogen (secondary N) is 3. The van der Waals surface area contributed by atoms with Gasteiger partial charge in [0.1, 0.15) is 11.5 Å². The van der Waals surface area contributed by atoms with Crippen molar-refractivity contribution in [3.05, 3.63) is 71.4 Å². The van der Waals surface area contributed by atoms with Crippen LogP contribution in [-0.4, -0.2) is 24.2 Å². The van der Waals surface area contributed by atoms with Crippen molar-refractivity contribution < 1.29 is 9.53 Å². The molecule has 0 unspecified atom stereocenters. The highest BCUT2D eigenvalue weighted by atomic mass is 16.5. The van der Waals surface area contributed by atoms with E-state index in [0.29, 0.717) is 18.0 Å². The lowest BCUT2D eigenvalue weighted by Gasteiger charge is -2.11. The number of pyridine rings is 1. The molecule has 3 aromatic rings. The van der Waals surface area contributed by atoms with E-state index in [2.05, 4.69) is 15.6 Å². The van der Waals surface area contributed by atoms with E-state index in [4.69, 9.17) is 10.1 Å². The molecule has 4 rings (SSSR count). The Morgan fingerprint density at radius 2 is 2.00 bits per heavy atom. The predicted molar refractivity (Wildman–Crippen MR) is 105 cm³/mol. The number of carbonyl (C=O) groups is 1. The van der Waals surface area contributed by atoms with E-state index in [9.17, 15) is 4.79 Å². The predicted octanol–water partition coefficient (Wildman–Crippen LogP) is 3.82. The van der Waals surface area contributed by atoms with Crippen LogP contribution in [0.4, 0.5) is 5.69 Å². The average Bonchev–Trinajstić information content (AvgIpc) is 3.08. The summed E-state index contributed by atoms with van der Waals surface area (Å²) >= 11 is 0. The zero-order valence-electron chi connectivity index (χ0n) is 14.7. The lowest BCUT2D eigenvalue weighted by Crippen LogP contribution is -2.12. The molecule has 0 radical (unpaired) electrons. The summed E-state index contributed by atoms with van der Waals surface area (Å²) < 4.78 is 5.97. The minimum absolute atomic E-state index is 0.0321. The fourth-order valence-corrected chi connectivity index (χ4v) is 3.10. The van der Waals surface area contributed by atoms with Gasteiger partial charge in [0, 0.05) is 60.5 Å². The van der Waals surface area contributed by atoms with Gasteiger partial charge in [-0.2, -0.15) is 0 Å². The molecule has 0 fully saturated rings. The van der Waals surface area contributed by atoms with Gasteiger partial charge >= 0.3 is 0 Å². The van der Waals surface area contributed by atoms with Gasteiger partial charge in [0.2, 0.25) is 0 Å². The standard InChI is InChI=1S/C21H18N4O2/c1-23-19-9-16(4-2-14(19)11-22)27-17-6-7-24-20(10-17)13-3-5-18-15(8-13)12-25-21(18)26/h2-11,22-23H,12H2,1H3,(H,25,26). The Balaban J connectivity index is 1.62. The van der Waals surface area contributed by atoms with Crippen LogP contribution in [0.25, 0.3) is 11.3 Å². The van der Waals surface area contributed by atoms with Crippen LogP contribution < -0.4 is 15.4 Å². The fourth-order valence-electron chi connectivity index (χ4n) is 3.10. The molecule has 2 heterocycles. The van der Waals surface area contributed by atoms with Crippen molar-refractivity contribution in [3.8, 4) is 22.8 Å². The lowest BCUT2D eigenvalue weighted by molar-refractivity contribution is 0.0966. The number of nitrogens with zero attached hydrogens (tertiary/aromatic N) is 1. The SMILES string of the molecule is CNc1cc(Oc2ccnc(-c3ccc4c(c3)CNC4=O)c2)ccc1C=N. The van der Waals surface area contributed by atoms with Crippen molar-refractivity contribution in [2.24, 2.45) is 0 Å². The third-order valence-corrected chi connectivity index (χ3v) is 4.50. The topological polar surface area (TPSA) is 87.1 Å². The van der Waals surface area contributed by atoms with Crippen LogP contribution in [-0.2, 0) is 6.54 Å². The first-order valence-electron chi connectivity index (χ1n) is 8.55. The molecule has 0 bridgehead atoms. The van der Waals surface area contributed by atoms with Gasteiger partial charge in [0.15, 0.2) is 0 Å². The van der Waals surface area contributed by atoms with Gasteiger partial charge in [0.25, 0.3) is 5.91 Å². The van der Waals surface area contributed by atoms with Crippen LogP contribution in [0.3, 0.4) is 0 Å². The zero-order valence-corrected chi connectivity index (χ0v) is 14.7. The van der Waals surface area contributed by atoms with E-state index < -0.39 is 0 Å². The highest BCUT2D eigenvalue weighted by molar-refractivity contribution is 5.98. The molecule has 0 spiro atoms. The molecule has 0 saturated carbocycles. The number of fused-ring (bicyclic) bond motifs is 1. The normalized spacial score (nSPS) is 12.3. The average molecular weight is 358 g/mol. The van der Waals surface area contributed by atoms with Crippen LogP contribution in [0.1, 0.15) is 21.5 Å². The van der Waals surface area contributed by atoms with Crippen molar-refractivity contribution in [1.82, 2.24) is 10.3 Å². The van der Waals surface area contributed by atoms with Gasteiger partial charge in [-0.3, -0.25) is 9.78 Å².